The van der Waals surface area contributed by atoms with Crippen LogP contribution in [0.2, 0.25) is 0 Å². The second-order valence-electron chi connectivity index (χ2n) is 5.10. The Bertz CT molecular complexity index is 537. The number of methoxy groups -OCH3 is 2. The zero-order valence-electron chi connectivity index (χ0n) is 12.9. The lowest BCUT2D eigenvalue weighted by Gasteiger charge is -2.36. The first-order valence-corrected chi connectivity index (χ1v) is 7.30. The standard InChI is InChI=1S/C16H20N4O2/c1-21-14-5-3-13(4-6-14)19-7-9-20(10-8-19)16-17-11-15(22-2)12-18-16/h3-6,11-12H,7-10H2,1-2H3. The van der Waals surface area contributed by atoms with Crippen molar-refractivity contribution in [1.29, 1.82) is 0 Å². The topological polar surface area (TPSA) is 50.7 Å². The Morgan fingerprint density at radius 3 is 1.86 bits per heavy atom. The summed E-state index contributed by atoms with van der Waals surface area (Å²) in [5.41, 5.74) is 1.22. The minimum Gasteiger partial charge on any atom is -0.497 e. The van der Waals surface area contributed by atoms with Crippen molar-refractivity contribution in [3.8, 4) is 11.5 Å². The number of anilines is 2. The van der Waals surface area contributed by atoms with Crippen LogP contribution in [0, 0.1) is 0 Å². The highest BCUT2D eigenvalue weighted by molar-refractivity contribution is 5.50. The Morgan fingerprint density at radius 2 is 1.32 bits per heavy atom. The first kappa shape index (κ1) is 14.4. The van der Waals surface area contributed by atoms with Gasteiger partial charge in [-0.15, -0.1) is 0 Å². The molecular formula is C16H20N4O2. The molecule has 0 unspecified atom stereocenters. The molecule has 1 aromatic carbocycles. The molecule has 1 fully saturated rings. The summed E-state index contributed by atoms with van der Waals surface area (Å²) in [5, 5.41) is 0. The Morgan fingerprint density at radius 1 is 0.773 bits per heavy atom. The van der Waals surface area contributed by atoms with E-state index in [0.29, 0.717) is 5.75 Å². The molecule has 2 heterocycles. The van der Waals surface area contributed by atoms with E-state index in [1.807, 2.05) is 12.1 Å². The predicted octanol–water partition coefficient (Wildman–Crippen LogP) is 1.82. The number of nitrogens with zero attached hydrogens (tertiary/aromatic N) is 4. The molecule has 6 nitrogen and oxygen atoms in total. The molecule has 0 aliphatic carbocycles. The van der Waals surface area contributed by atoms with Gasteiger partial charge in [0.25, 0.3) is 0 Å². The Kier molecular flexibility index (Phi) is 4.27. The van der Waals surface area contributed by atoms with Gasteiger partial charge in [-0.05, 0) is 24.3 Å². The van der Waals surface area contributed by atoms with Gasteiger partial charge in [0.05, 0.1) is 26.6 Å². The molecule has 0 saturated carbocycles. The van der Waals surface area contributed by atoms with Gasteiger partial charge in [0.2, 0.25) is 5.95 Å². The van der Waals surface area contributed by atoms with Crippen molar-refractivity contribution in [2.24, 2.45) is 0 Å². The molecule has 0 radical (unpaired) electrons. The number of aromatic nitrogens is 2. The van der Waals surface area contributed by atoms with Gasteiger partial charge in [-0.1, -0.05) is 0 Å². The summed E-state index contributed by atoms with van der Waals surface area (Å²) < 4.78 is 10.3. The highest BCUT2D eigenvalue weighted by Gasteiger charge is 2.19. The van der Waals surface area contributed by atoms with E-state index in [1.54, 1.807) is 26.6 Å². The number of hydrogen-bond donors (Lipinski definition) is 0. The van der Waals surface area contributed by atoms with E-state index in [-0.39, 0.29) is 0 Å². The van der Waals surface area contributed by atoms with Crippen LogP contribution in [0.4, 0.5) is 11.6 Å². The minimum absolute atomic E-state index is 0.681. The average Bonchev–Trinajstić information content (AvgIpc) is 2.62. The van der Waals surface area contributed by atoms with E-state index in [4.69, 9.17) is 9.47 Å². The van der Waals surface area contributed by atoms with Crippen LogP contribution in [0.1, 0.15) is 0 Å². The highest BCUT2D eigenvalue weighted by atomic mass is 16.5. The maximum absolute atomic E-state index is 5.20. The smallest absolute Gasteiger partial charge is 0.225 e. The van der Waals surface area contributed by atoms with Gasteiger partial charge >= 0.3 is 0 Å². The molecule has 1 saturated heterocycles. The van der Waals surface area contributed by atoms with Crippen molar-refractivity contribution < 1.29 is 9.47 Å². The van der Waals surface area contributed by atoms with Crippen LogP contribution < -0.4 is 19.3 Å². The molecule has 1 aliphatic heterocycles. The maximum Gasteiger partial charge on any atom is 0.225 e. The van der Waals surface area contributed by atoms with Crippen LogP contribution in [0.25, 0.3) is 0 Å². The fraction of sp³-hybridized carbons (Fsp3) is 0.375. The van der Waals surface area contributed by atoms with Crippen LogP contribution in [-0.4, -0.2) is 50.4 Å². The van der Waals surface area contributed by atoms with Gasteiger partial charge in [0.15, 0.2) is 5.75 Å². The zero-order chi connectivity index (χ0) is 15.4. The van der Waals surface area contributed by atoms with Crippen molar-refractivity contribution in [3.63, 3.8) is 0 Å². The summed E-state index contributed by atoms with van der Waals surface area (Å²) in [6.07, 6.45) is 3.41. The lowest BCUT2D eigenvalue weighted by Crippen LogP contribution is -2.47. The monoisotopic (exact) mass is 300 g/mol. The van der Waals surface area contributed by atoms with Crippen LogP contribution in [-0.2, 0) is 0 Å². The Labute approximate surface area is 130 Å². The summed E-state index contributed by atoms with van der Waals surface area (Å²) in [6.45, 7) is 3.69. The van der Waals surface area contributed by atoms with E-state index in [9.17, 15) is 0 Å². The normalized spacial score (nSPS) is 14.8. The Balaban J connectivity index is 1.61. The number of rotatable bonds is 4. The fourth-order valence-electron chi connectivity index (χ4n) is 2.54. The number of ether oxygens (including phenoxy) is 2. The molecule has 0 spiro atoms. The third kappa shape index (κ3) is 3.05. The maximum atomic E-state index is 5.20. The lowest BCUT2D eigenvalue weighted by atomic mass is 10.2. The van der Waals surface area contributed by atoms with E-state index in [2.05, 4.69) is 31.9 Å². The van der Waals surface area contributed by atoms with E-state index < -0.39 is 0 Å². The van der Waals surface area contributed by atoms with Gasteiger partial charge in [-0.25, -0.2) is 9.97 Å². The molecule has 1 aromatic heterocycles. The van der Waals surface area contributed by atoms with E-state index >= 15 is 0 Å². The SMILES string of the molecule is COc1ccc(N2CCN(c3ncc(OC)cn3)CC2)cc1. The van der Waals surface area contributed by atoms with Gasteiger partial charge in [-0.3, -0.25) is 0 Å². The fourth-order valence-corrected chi connectivity index (χ4v) is 2.54. The van der Waals surface area contributed by atoms with Gasteiger partial charge in [0.1, 0.15) is 5.75 Å². The van der Waals surface area contributed by atoms with Crippen molar-refractivity contribution in [1.82, 2.24) is 9.97 Å². The molecule has 1 aliphatic rings. The number of benzene rings is 1. The molecule has 22 heavy (non-hydrogen) atoms. The lowest BCUT2D eigenvalue weighted by molar-refractivity contribution is 0.410. The summed E-state index contributed by atoms with van der Waals surface area (Å²) in [7, 11) is 3.30. The van der Waals surface area contributed by atoms with Crippen LogP contribution >= 0.6 is 0 Å². The molecule has 116 valence electrons. The summed E-state index contributed by atoms with van der Waals surface area (Å²) >= 11 is 0. The molecule has 0 atom stereocenters. The molecule has 0 bridgehead atoms. The molecule has 0 N–H and O–H groups in total. The van der Waals surface area contributed by atoms with Gasteiger partial charge < -0.3 is 19.3 Å². The van der Waals surface area contributed by atoms with Crippen LogP contribution in [0.3, 0.4) is 0 Å². The number of piperazine rings is 1. The summed E-state index contributed by atoms with van der Waals surface area (Å²) in [5.74, 6) is 2.32. The third-order valence-electron chi connectivity index (χ3n) is 3.85. The average molecular weight is 300 g/mol. The Hall–Kier alpha value is -2.50. The second kappa shape index (κ2) is 6.51. The predicted molar refractivity (Wildman–Crippen MR) is 86.0 cm³/mol. The van der Waals surface area contributed by atoms with E-state index in [1.165, 1.54) is 5.69 Å². The van der Waals surface area contributed by atoms with Gasteiger partial charge in [-0.2, -0.15) is 0 Å². The second-order valence-corrected chi connectivity index (χ2v) is 5.10. The highest BCUT2D eigenvalue weighted by Crippen LogP contribution is 2.21. The minimum atomic E-state index is 0.681. The largest absolute Gasteiger partial charge is 0.497 e. The van der Waals surface area contributed by atoms with Crippen molar-refractivity contribution in [2.45, 2.75) is 0 Å². The van der Waals surface area contributed by atoms with Crippen molar-refractivity contribution >= 4 is 11.6 Å². The molecule has 3 rings (SSSR count). The quantitative estimate of drug-likeness (QED) is 0.858. The van der Waals surface area contributed by atoms with Crippen molar-refractivity contribution in [3.05, 3.63) is 36.7 Å². The third-order valence-corrected chi connectivity index (χ3v) is 3.85. The molecule has 0 amide bonds. The van der Waals surface area contributed by atoms with E-state index in [0.717, 1.165) is 37.9 Å². The molecular weight excluding hydrogens is 280 g/mol. The van der Waals surface area contributed by atoms with Gasteiger partial charge in [0, 0.05) is 31.9 Å². The first-order valence-electron chi connectivity index (χ1n) is 7.30. The molecule has 2 aromatic rings. The summed E-state index contributed by atoms with van der Waals surface area (Å²) in [4.78, 5) is 13.3. The zero-order valence-corrected chi connectivity index (χ0v) is 12.9. The van der Waals surface area contributed by atoms with Crippen molar-refractivity contribution in [2.75, 3.05) is 50.2 Å². The van der Waals surface area contributed by atoms with Crippen LogP contribution in [0.5, 0.6) is 11.5 Å². The first-order chi connectivity index (χ1) is 10.8. The number of hydrogen-bond acceptors (Lipinski definition) is 6. The van der Waals surface area contributed by atoms with Crippen LogP contribution in [0.15, 0.2) is 36.7 Å². The summed E-state index contributed by atoms with van der Waals surface area (Å²) in [6, 6.07) is 8.18. The molecule has 6 heteroatoms.